The number of rotatable bonds is 5. The van der Waals surface area contributed by atoms with E-state index in [0.29, 0.717) is 21.1 Å². The molecule has 3 aromatic rings. The topological polar surface area (TPSA) is 107 Å². The van der Waals surface area contributed by atoms with Crippen molar-refractivity contribution < 1.29 is 9.72 Å². The van der Waals surface area contributed by atoms with E-state index in [2.05, 4.69) is 10.3 Å². The maximum Gasteiger partial charge on any atom is 0.269 e. The molecule has 0 radical (unpaired) electrons. The summed E-state index contributed by atoms with van der Waals surface area (Å²) in [5.74, 6) is -0.229. The Labute approximate surface area is 156 Å². The van der Waals surface area contributed by atoms with Crippen molar-refractivity contribution in [2.45, 2.75) is 12.1 Å². The monoisotopic (exact) mass is 390 g/mol. The molecule has 0 fully saturated rings. The standard InChI is InChI=1S/C16H14N4O4S2/c1-9-7-12-14(26-9)18-16(19(2)15(12)22)25-8-13(21)17-10-3-5-11(6-4-10)20(23)24/h3-7H,8H2,1-2H3,(H,17,21). The van der Waals surface area contributed by atoms with E-state index < -0.39 is 4.92 Å². The Hall–Kier alpha value is -2.72. The van der Waals surface area contributed by atoms with Gasteiger partial charge in [-0.05, 0) is 25.1 Å². The Kier molecular flexibility index (Phi) is 5.05. The second-order valence-electron chi connectivity index (χ2n) is 5.48. The first kappa shape index (κ1) is 18.1. The van der Waals surface area contributed by atoms with Crippen LogP contribution in [0.5, 0.6) is 0 Å². The molecule has 0 aliphatic carbocycles. The lowest BCUT2D eigenvalue weighted by molar-refractivity contribution is -0.384. The van der Waals surface area contributed by atoms with Gasteiger partial charge in [-0.1, -0.05) is 11.8 Å². The van der Waals surface area contributed by atoms with Gasteiger partial charge in [-0.25, -0.2) is 4.98 Å². The molecule has 0 spiro atoms. The van der Waals surface area contributed by atoms with Gasteiger partial charge < -0.3 is 5.32 Å². The van der Waals surface area contributed by atoms with E-state index in [9.17, 15) is 19.7 Å². The molecule has 0 unspecified atom stereocenters. The van der Waals surface area contributed by atoms with Crippen molar-refractivity contribution in [3.8, 4) is 0 Å². The van der Waals surface area contributed by atoms with Gasteiger partial charge in [0.05, 0.1) is 16.1 Å². The second-order valence-corrected chi connectivity index (χ2v) is 7.65. The molecule has 8 nitrogen and oxygen atoms in total. The molecule has 2 aromatic heterocycles. The van der Waals surface area contributed by atoms with E-state index in [0.717, 1.165) is 16.6 Å². The van der Waals surface area contributed by atoms with Gasteiger partial charge >= 0.3 is 0 Å². The molecule has 0 bridgehead atoms. The van der Waals surface area contributed by atoms with E-state index in [-0.39, 0.29) is 22.9 Å². The summed E-state index contributed by atoms with van der Waals surface area (Å²) >= 11 is 2.60. The molecule has 1 amide bonds. The average molecular weight is 390 g/mol. The van der Waals surface area contributed by atoms with Crippen LogP contribution in [0.3, 0.4) is 0 Å². The van der Waals surface area contributed by atoms with Crippen LogP contribution in [0.2, 0.25) is 0 Å². The first-order valence-electron chi connectivity index (χ1n) is 7.49. The number of thiophene rings is 1. The average Bonchev–Trinajstić information content (AvgIpc) is 2.98. The van der Waals surface area contributed by atoms with E-state index in [1.807, 2.05) is 13.0 Å². The van der Waals surface area contributed by atoms with Gasteiger partial charge in [0.1, 0.15) is 4.83 Å². The molecule has 0 saturated carbocycles. The van der Waals surface area contributed by atoms with Crippen molar-refractivity contribution in [3.63, 3.8) is 0 Å². The molecule has 10 heteroatoms. The summed E-state index contributed by atoms with van der Waals surface area (Å²) in [6.45, 7) is 1.91. The molecule has 134 valence electrons. The summed E-state index contributed by atoms with van der Waals surface area (Å²) < 4.78 is 1.43. The smallest absolute Gasteiger partial charge is 0.269 e. The fourth-order valence-electron chi connectivity index (χ4n) is 2.29. The van der Waals surface area contributed by atoms with Crippen LogP contribution in [-0.4, -0.2) is 26.1 Å². The largest absolute Gasteiger partial charge is 0.325 e. The van der Waals surface area contributed by atoms with Crippen LogP contribution < -0.4 is 10.9 Å². The normalized spacial score (nSPS) is 10.8. The van der Waals surface area contributed by atoms with Crippen LogP contribution in [0, 0.1) is 17.0 Å². The number of nitro benzene ring substituents is 1. The number of carbonyl (C=O) groups is 1. The van der Waals surface area contributed by atoms with Crippen molar-refractivity contribution in [1.82, 2.24) is 9.55 Å². The van der Waals surface area contributed by atoms with Gasteiger partial charge in [0.15, 0.2) is 5.16 Å². The highest BCUT2D eigenvalue weighted by Gasteiger charge is 2.13. The molecular formula is C16H14N4O4S2. The molecule has 26 heavy (non-hydrogen) atoms. The molecule has 0 saturated heterocycles. The Bertz CT molecular complexity index is 1060. The fraction of sp³-hybridized carbons (Fsp3) is 0.188. The SMILES string of the molecule is Cc1cc2c(=O)n(C)c(SCC(=O)Nc3ccc([N+](=O)[O-])cc3)nc2s1. The minimum Gasteiger partial charge on any atom is -0.325 e. The quantitative estimate of drug-likeness (QED) is 0.311. The lowest BCUT2D eigenvalue weighted by atomic mass is 10.3. The predicted octanol–water partition coefficient (Wildman–Crippen LogP) is 2.94. The highest BCUT2D eigenvalue weighted by molar-refractivity contribution is 7.99. The molecule has 1 N–H and O–H groups in total. The number of benzene rings is 1. The highest BCUT2D eigenvalue weighted by atomic mass is 32.2. The van der Waals surface area contributed by atoms with Crippen molar-refractivity contribution in [1.29, 1.82) is 0 Å². The number of non-ortho nitro benzene ring substituents is 1. The molecular weight excluding hydrogens is 376 g/mol. The zero-order valence-corrected chi connectivity index (χ0v) is 15.5. The number of nitrogens with one attached hydrogen (secondary N) is 1. The van der Waals surface area contributed by atoms with Crippen molar-refractivity contribution in [2.24, 2.45) is 7.05 Å². The number of anilines is 1. The maximum absolute atomic E-state index is 12.3. The number of carbonyl (C=O) groups excluding carboxylic acids is 1. The van der Waals surface area contributed by atoms with E-state index >= 15 is 0 Å². The van der Waals surface area contributed by atoms with E-state index in [4.69, 9.17) is 0 Å². The fourth-order valence-corrected chi connectivity index (χ4v) is 3.98. The minimum atomic E-state index is -0.504. The van der Waals surface area contributed by atoms with Crippen LogP contribution in [0.1, 0.15) is 4.88 Å². The molecule has 3 rings (SSSR count). The molecule has 0 aliphatic rings. The van der Waals surface area contributed by atoms with Crippen LogP contribution in [0.4, 0.5) is 11.4 Å². The number of nitrogens with zero attached hydrogens (tertiary/aromatic N) is 3. The number of amides is 1. The summed E-state index contributed by atoms with van der Waals surface area (Å²) in [6, 6.07) is 7.39. The Morgan fingerprint density at radius 3 is 2.73 bits per heavy atom. The number of nitro groups is 1. The highest BCUT2D eigenvalue weighted by Crippen LogP contribution is 2.24. The second kappa shape index (κ2) is 7.26. The third-order valence-electron chi connectivity index (χ3n) is 3.55. The summed E-state index contributed by atoms with van der Waals surface area (Å²) in [6.07, 6.45) is 0. The summed E-state index contributed by atoms with van der Waals surface area (Å²) in [7, 11) is 1.62. The van der Waals surface area contributed by atoms with Crippen LogP contribution in [0.15, 0.2) is 40.3 Å². The molecule has 0 aliphatic heterocycles. The number of hydrogen-bond acceptors (Lipinski definition) is 7. The number of aromatic nitrogens is 2. The zero-order valence-electron chi connectivity index (χ0n) is 13.9. The van der Waals surface area contributed by atoms with E-state index in [1.54, 1.807) is 7.05 Å². The number of fused-ring (bicyclic) bond motifs is 1. The summed E-state index contributed by atoms with van der Waals surface area (Å²) in [5, 5.41) is 14.3. The third kappa shape index (κ3) is 3.75. The lowest BCUT2D eigenvalue weighted by Gasteiger charge is -2.07. The number of hydrogen-bond donors (Lipinski definition) is 1. The summed E-state index contributed by atoms with van der Waals surface area (Å²) in [5.41, 5.74) is 0.279. The summed E-state index contributed by atoms with van der Waals surface area (Å²) in [4.78, 5) is 40.7. The predicted molar refractivity (Wildman–Crippen MR) is 102 cm³/mol. The zero-order chi connectivity index (χ0) is 18.8. The Balaban J connectivity index is 1.69. The Morgan fingerprint density at radius 2 is 2.08 bits per heavy atom. The van der Waals surface area contributed by atoms with Crippen LogP contribution >= 0.6 is 23.1 Å². The molecule has 0 atom stereocenters. The van der Waals surface area contributed by atoms with Crippen molar-refractivity contribution in [3.05, 3.63) is 55.7 Å². The van der Waals surface area contributed by atoms with Gasteiger partial charge in [0.25, 0.3) is 11.2 Å². The van der Waals surface area contributed by atoms with Crippen molar-refractivity contribution in [2.75, 3.05) is 11.1 Å². The third-order valence-corrected chi connectivity index (χ3v) is 5.52. The number of aryl methyl sites for hydroxylation is 1. The van der Waals surface area contributed by atoms with Crippen LogP contribution in [-0.2, 0) is 11.8 Å². The van der Waals surface area contributed by atoms with Gasteiger partial charge in [-0.15, -0.1) is 11.3 Å². The lowest BCUT2D eigenvalue weighted by Crippen LogP contribution is -2.20. The first-order valence-corrected chi connectivity index (χ1v) is 9.29. The van der Waals surface area contributed by atoms with Crippen molar-refractivity contribution >= 4 is 50.6 Å². The molecule has 1 aromatic carbocycles. The van der Waals surface area contributed by atoms with Gasteiger partial charge in [0, 0.05) is 29.7 Å². The Morgan fingerprint density at radius 1 is 1.38 bits per heavy atom. The van der Waals surface area contributed by atoms with Gasteiger partial charge in [-0.3, -0.25) is 24.3 Å². The van der Waals surface area contributed by atoms with Crippen LogP contribution in [0.25, 0.3) is 10.2 Å². The number of thioether (sulfide) groups is 1. The maximum atomic E-state index is 12.3. The first-order chi connectivity index (χ1) is 12.3. The van der Waals surface area contributed by atoms with Gasteiger partial charge in [-0.2, -0.15) is 0 Å². The van der Waals surface area contributed by atoms with E-state index in [1.165, 1.54) is 40.2 Å². The van der Waals surface area contributed by atoms with Gasteiger partial charge in [0.2, 0.25) is 5.91 Å². The minimum absolute atomic E-state index is 0.0453. The molecule has 2 heterocycles.